The number of halogens is 1. The number of benzene rings is 2. The Morgan fingerprint density at radius 1 is 1.19 bits per heavy atom. The van der Waals surface area contributed by atoms with Crippen molar-refractivity contribution in [2.24, 2.45) is 0 Å². The average Bonchev–Trinajstić information content (AvgIpc) is 2.91. The lowest BCUT2D eigenvalue weighted by Crippen LogP contribution is -2.12. The van der Waals surface area contributed by atoms with Crippen LogP contribution in [0.3, 0.4) is 0 Å². The molecule has 5 heteroatoms. The van der Waals surface area contributed by atoms with Crippen molar-refractivity contribution in [1.29, 1.82) is 0 Å². The highest BCUT2D eigenvalue weighted by molar-refractivity contribution is 6.06. The second-order valence-corrected chi connectivity index (χ2v) is 4.57. The molecule has 0 atom stereocenters. The van der Waals surface area contributed by atoms with Crippen molar-refractivity contribution in [3.8, 4) is 5.75 Å². The number of carbonyl (C=O) groups excluding carboxylic acids is 1. The van der Waals surface area contributed by atoms with Crippen LogP contribution >= 0.6 is 0 Å². The fraction of sp³-hybridized carbons (Fsp3) is 0.0625. The molecular formula is C16H13FN2O2. The minimum atomic E-state index is -0.397. The summed E-state index contributed by atoms with van der Waals surface area (Å²) in [6, 6.07) is 13.0. The lowest BCUT2D eigenvalue weighted by molar-refractivity contribution is 0.102. The van der Waals surface area contributed by atoms with Gasteiger partial charge in [-0.25, -0.2) is 4.39 Å². The van der Waals surface area contributed by atoms with Crippen molar-refractivity contribution in [3.63, 3.8) is 0 Å². The fourth-order valence-corrected chi connectivity index (χ4v) is 2.19. The molecular weight excluding hydrogens is 271 g/mol. The Hall–Kier alpha value is -2.82. The van der Waals surface area contributed by atoms with Crippen molar-refractivity contribution in [2.75, 3.05) is 12.4 Å². The zero-order valence-corrected chi connectivity index (χ0v) is 11.3. The number of methoxy groups -OCH3 is 1. The van der Waals surface area contributed by atoms with E-state index >= 15 is 0 Å². The van der Waals surface area contributed by atoms with E-state index < -0.39 is 5.82 Å². The number of hydrogen-bond donors (Lipinski definition) is 2. The molecule has 0 spiro atoms. The molecule has 106 valence electrons. The Morgan fingerprint density at radius 3 is 2.76 bits per heavy atom. The summed E-state index contributed by atoms with van der Waals surface area (Å²) in [6.07, 6.45) is 0. The van der Waals surface area contributed by atoms with Gasteiger partial charge in [-0.1, -0.05) is 18.2 Å². The Bertz CT molecular complexity index is 811. The van der Waals surface area contributed by atoms with E-state index in [0.29, 0.717) is 17.1 Å². The first kappa shape index (κ1) is 13.2. The van der Waals surface area contributed by atoms with Crippen LogP contribution in [0.2, 0.25) is 0 Å². The van der Waals surface area contributed by atoms with Gasteiger partial charge >= 0.3 is 0 Å². The van der Waals surface area contributed by atoms with Gasteiger partial charge in [0.05, 0.1) is 12.6 Å². The van der Waals surface area contributed by atoms with Crippen molar-refractivity contribution < 1.29 is 13.9 Å². The summed E-state index contributed by atoms with van der Waals surface area (Å²) >= 11 is 0. The number of carbonyl (C=O) groups is 1. The molecule has 21 heavy (non-hydrogen) atoms. The number of H-pyrrole nitrogens is 1. The summed E-state index contributed by atoms with van der Waals surface area (Å²) in [5.74, 6) is -0.0673. The van der Waals surface area contributed by atoms with Gasteiger partial charge in [0.15, 0.2) is 0 Å². The third kappa shape index (κ3) is 2.58. The summed E-state index contributed by atoms with van der Waals surface area (Å²) in [4.78, 5) is 15.2. The minimum absolute atomic E-state index is 0.334. The Kier molecular flexibility index (Phi) is 3.31. The normalized spacial score (nSPS) is 10.6. The number of amides is 1. The van der Waals surface area contributed by atoms with E-state index in [2.05, 4.69) is 10.3 Å². The summed E-state index contributed by atoms with van der Waals surface area (Å²) in [6.45, 7) is 0. The van der Waals surface area contributed by atoms with Crippen LogP contribution in [0.4, 0.5) is 10.1 Å². The largest absolute Gasteiger partial charge is 0.495 e. The van der Waals surface area contributed by atoms with Crippen LogP contribution < -0.4 is 10.1 Å². The topological polar surface area (TPSA) is 54.1 Å². The Morgan fingerprint density at radius 2 is 2.00 bits per heavy atom. The van der Waals surface area contributed by atoms with E-state index in [0.717, 1.165) is 10.9 Å². The number of hydrogen-bond acceptors (Lipinski definition) is 2. The molecule has 0 fully saturated rings. The highest BCUT2D eigenvalue weighted by Crippen LogP contribution is 2.25. The Labute approximate surface area is 120 Å². The fourth-order valence-electron chi connectivity index (χ4n) is 2.19. The molecule has 2 aromatic carbocycles. The lowest BCUT2D eigenvalue weighted by atomic mass is 10.2. The van der Waals surface area contributed by atoms with E-state index in [9.17, 15) is 9.18 Å². The van der Waals surface area contributed by atoms with Gasteiger partial charge in [0.25, 0.3) is 5.91 Å². The molecule has 0 aliphatic rings. The standard InChI is InChI=1S/C16H13FN2O2/c1-21-14-7-2-4-10-8-13(19-15(10)14)16(20)18-12-6-3-5-11(17)9-12/h2-9,19H,1H3,(H,18,20). The van der Waals surface area contributed by atoms with Gasteiger partial charge in [0.1, 0.15) is 17.3 Å². The quantitative estimate of drug-likeness (QED) is 0.772. The summed E-state index contributed by atoms with van der Waals surface area (Å²) in [5, 5.41) is 3.52. The molecule has 1 heterocycles. The van der Waals surface area contributed by atoms with Crippen molar-refractivity contribution in [3.05, 3.63) is 60.0 Å². The highest BCUT2D eigenvalue weighted by Gasteiger charge is 2.12. The molecule has 1 aromatic heterocycles. The van der Waals surface area contributed by atoms with Gasteiger partial charge in [-0.05, 0) is 30.3 Å². The second kappa shape index (κ2) is 5.28. The van der Waals surface area contributed by atoms with Crippen LogP contribution in [0.15, 0.2) is 48.5 Å². The highest BCUT2D eigenvalue weighted by atomic mass is 19.1. The minimum Gasteiger partial charge on any atom is -0.495 e. The van der Waals surface area contributed by atoms with Crippen LogP contribution in [0, 0.1) is 5.82 Å². The number of nitrogens with one attached hydrogen (secondary N) is 2. The number of rotatable bonds is 3. The third-order valence-corrected chi connectivity index (χ3v) is 3.16. The maximum absolute atomic E-state index is 13.1. The van der Waals surface area contributed by atoms with Gasteiger partial charge in [0, 0.05) is 11.1 Å². The first-order valence-corrected chi connectivity index (χ1v) is 6.40. The van der Waals surface area contributed by atoms with Gasteiger partial charge < -0.3 is 15.0 Å². The Balaban J connectivity index is 1.91. The predicted molar refractivity (Wildman–Crippen MR) is 79.2 cm³/mol. The zero-order valence-electron chi connectivity index (χ0n) is 11.3. The van der Waals surface area contributed by atoms with E-state index in [1.54, 1.807) is 25.3 Å². The van der Waals surface area contributed by atoms with E-state index in [1.807, 2.05) is 18.2 Å². The summed E-state index contributed by atoms with van der Waals surface area (Å²) < 4.78 is 18.4. The molecule has 0 saturated heterocycles. The van der Waals surface area contributed by atoms with Crippen LogP contribution in [0.25, 0.3) is 10.9 Å². The summed E-state index contributed by atoms with van der Waals surface area (Å²) in [7, 11) is 1.57. The van der Waals surface area contributed by atoms with Crippen LogP contribution in [0.5, 0.6) is 5.75 Å². The number of anilines is 1. The molecule has 3 rings (SSSR count). The zero-order chi connectivity index (χ0) is 14.8. The van der Waals surface area contributed by atoms with Crippen LogP contribution in [-0.2, 0) is 0 Å². The van der Waals surface area contributed by atoms with Crippen molar-refractivity contribution in [1.82, 2.24) is 4.98 Å². The third-order valence-electron chi connectivity index (χ3n) is 3.16. The molecule has 0 unspecified atom stereocenters. The number of aromatic nitrogens is 1. The van der Waals surface area contributed by atoms with Crippen molar-refractivity contribution >= 4 is 22.5 Å². The first-order valence-electron chi connectivity index (χ1n) is 6.40. The molecule has 0 aliphatic heterocycles. The monoisotopic (exact) mass is 284 g/mol. The smallest absolute Gasteiger partial charge is 0.272 e. The lowest BCUT2D eigenvalue weighted by Gasteiger charge is -2.03. The number of ether oxygens (including phenoxy) is 1. The molecule has 2 N–H and O–H groups in total. The van der Waals surface area contributed by atoms with Gasteiger partial charge in [-0.2, -0.15) is 0 Å². The van der Waals surface area contributed by atoms with E-state index in [1.165, 1.54) is 12.1 Å². The van der Waals surface area contributed by atoms with E-state index in [4.69, 9.17) is 4.74 Å². The predicted octanol–water partition coefficient (Wildman–Crippen LogP) is 3.57. The van der Waals surface area contributed by atoms with Gasteiger partial charge in [-0.15, -0.1) is 0 Å². The average molecular weight is 284 g/mol. The van der Waals surface area contributed by atoms with Crippen LogP contribution in [-0.4, -0.2) is 18.0 Å². The van der Waals surface area contributed by atoms with Gasteiger partial charge in [-0.3, -0.25) is 4.79 Å². The van der Waals surface area contributed by atoms with E-state index in [-0.39, 0.29) is 5.91 Å². The second-order valence-electron chi connectivity index (χ2n) is 4.57. The number of para-hydroxylation sites is 1. The molecule has 0 aliphatic carbocycles. The van der Waals surface area contributed by atoms with Crippen LogP contribution in [0.1, 0.15) is 10.5 Å². The number of aromatic amines is 1. The first-order chi connectivity index (χ1) is 10.2. The molecule has 4 nitrogen and oxygen atoms in total. The summed E-state index contributed by atoms with van der Waals surface area (Å²) in [5.41, 5.74) is 1.55. The molecule has 3 aromatic rings. The SMILES string of the molecule is COc1cccc2cc(C(=O)Nc3cccc(F)c3)[nH]c12. The van der Waals surface area contributed by atoms with Crippen molar-refractivity contribution in [2.45, 2.75) is 0 Å². The maximum Gasteiger partial charge on any atom is 0.272 e. The molecule has 0 saturated carbocycles. The maximum atomic E-state index is 13.1. The molecule has 1 amide bonds. The number of fused-ring (bicyclic) bond motifs is 1. The molecule has 0 bridgehead atoms. The molecule has 0 radical (unpaired) electrons. The van der Waals surface area contributed by atoms with Gasteiger partial charge in [0.2, 0.25) is 0 Å².